The lowest BCUT2D eigenvalue weighted by Crippen LogP contribution is -2.30. The van der Waals surface area contributed by atoms with Crippen molar-refractivity contribution >= 4 is 23.0 Å². The molecule has 5 nitrogen and oxygen atoms in total. The number of nitrogens with one attached hydrogen (secondary N) is 1. The molecule has 0 spiro atoms. The van der Waals surface area contributed by atoms with Crippen LogP contribution < -0.4 is 15.0 Å². The zero-order valence-electron chi connectivity index (χ0n) is 18.1. The third-order valence-corrected chi connectivity index (χ3v) is 6.01. The summed E-state index contributed by atoms with van der Waals surface area (Å²) >= 11 is 5.80. The summed E-state index contributed by atoms with van der Waals surface area (Å²) in [5, 5.41) is 4.07. The largest absolute Gasteiger partial charge is 0.494 e. The van der Waals surface area contributed by atoms with Gasteiger partial charge in [0.15, 0.2) is 5.11 Å². The highest BCUT2D eigenvalue weighted by atomic mass is 32.1. The van der Waals surface area contributed by atoms with Crippen molar-refractivity contribution in [3.05, 3.63) is 108 Å². The van der Waals surface area contributed by atoms with Gasteiger partial charge in [0.05, 0.1) is 18.3 Å². The van der Waals surface area contributed by atoms with Crippen LogP contribution in [0.5, 0.6) is 5.75 Å². The number of hydrogen-bond donors (Lipinski definition) is 1. The first-order chi connectivity index (χ1) is 16.2. The Morgan fingerprint density at radius 1 is 1.00 bits per heavy atom. The molecule has 3 heterocycles. The second kappa shape index (κ2) is 9.03. The number of nitrogens with zero attached hydrogens (tertiary/aromatic N) is 3. The van der Waals surface area contributed by atoms with Gasteiger partial charge in [-0.25, -0.2) is 4.39 Å². The summed E-state index contributed by atoms with van der Waals surface area (Å²) in [6.45, 7) is 2.57. The van der Waals surface area contributed by atoms with Gasteiger partial charge in [-0.2, -0.15) is 0 Å². The molecule has 1 aliphatic rings. The van der Waals surface area contributed by atoms with E-state index in [1.807, 2.05) is 78.4 Å². The van der Waals surface area contributed by atoms with Crippen molar-refractivity contribution in [2.45, 2.75) is 19.0 Å². The Hall–Kier alpha value is -3.71. The van der Waals surface area contributed by atoms with Gasteiger partial charge in [-0.3, -0.25) is 4.98 Å². The van der Waals surface area contributed by atoms with Crippen LogP contribution in [-0.4, -0.2) is 21.3 Å². The highest BCUT2D eigenvalue weighted by Gasteiger charge is 2.42. The maximum atomic E-state index is 14.0. The lowest BCUT2D eigenvalue weighted by molar-refractivity contribution is 0.340. The van der Waals surface area contributed by atoms with E-state index in [9.17, 15) is 4.39 Å². The number of hydrogen-bond acceptors (Lipinski definition) is 3. The molecule has 166 valence electrons. The molecule has 1 N–H and O–H groups in total. The van der Waals surface area contributed by atoms with Gasteiger partial charge in [0.1, 0.15) is 17.6 Å². The lowest BCUT2D eigenvalue weighted by atomic mass is 10.0. The molecule has 4 aromatic rings. The van der Waals surface area contributed by atoms with E-state index < -0.39 is 0 Å². The molecule has 1 saturated heterocycles. The van der Waals surface area contributed by atoms with Crippen molar-refractivity contribution in [3.63, 3.8) is 0 Å². The molecular weight excluding hydrogens is 435 g/mol. The van der Waals surface area contributed by atoms with Gasteiger partial charge in [0.2, 0.25) is 0 Å². The van der Waals surface area contributed by atoms with Gasteiger partial charge in [0, 0.05) is 29.5 Å². The fourth-order valence-electron chi connectivity index (χ4n) is 4.30. The monoisotopic (exact) mass is 458 g/mol. The van der Waals surface area contributed by atoms with Crippen LogP contribution >= 0.6 is 12.2 Å². The minimum atomic E-state index is -0.281. The van der Waals surface area contributed by atoms with Crippen LogP contribution in [0.25, 0.3) is 5.69 Å². The molecule has 0 radical (unpaired) electrons. The van der Waals surface area contributed by atoms with Crippen LogP contribution in [0.15, 0.2) is 91.3 Å². The number of rotatable bonds is 6. The average molecular weight is 459 g/mol. The van der Waals surface area contributed by atoms with Crippen molar-refractivity contribution in [2.75, 3.05) is 11.5 Å². The second-order valence-corrected chi connectivity index (χ2v) is 8.09. The van der Waals surface area contributed by atoms with Gasteiger partial charge in [-0.15, -0.1) is 0 Å². The fraction of sp³-hybridized carbons (Fsp3) is 0.154. The summed E-state index contributed by atoms with van der Waals surface area (Å²) in [6, 6.07) is 23.9. The minimum Gasteiger partial charge on any atom is -0.494 e. The number of pyridine rings is 1. The first kappa shape index (κ1) is 21.2. The molecule has 1 fully saturated rings. The molecule has 0 bridgehead atoms. The molecule has 0 amide bonds. The summed E-state index contributed by atoms with van der Waals surface area (Å²) in [6.07, 6.45) is 3.72. The van der Waals surface area contributed by atoms with E-state index >= 15 is 0 Å². The lowest BCUT2D eigenvalue weighted by Gasteiger charge is -2.29. The number of aromatic nitrogens is 2. The van der Waals surface area contributed by atoms with E-state index in [1.165, 1.54) is 12.1 Å². The predicted octanol–water partition coefficient (Wildman–Crippen LogP) is 5.59. The maximum absolute atomic E-state index is 14.0. The highest BCUT2D eigenvalue weighted by molar-refractivity contribution is 7.80. The summed E-state index contributed by atoms with van der Waals surface area (Å²) in [5.41, 5.74) is 3.54. The van der Waals surface area contributed by atoms with E-state index in [4.69, 9.17) is 17.0 Å². The normalized spacial score (nSPS) is 17.8. The molecular formula is C26H23FN4OS. The maximum Gasteiger partial charge on any atom is 0.174 e. The molecule has 0 saturated carbocycles. The molecule has 2 aromatic carbocycles. The molecule has 7 heteroatoms. The van der Waals surface area contributed by atoms with Gasteiger partial charge in [-0.1, -0.05) is 12.1 Å². The van der Waals surface area contributed by atoms with Crippen LogP contribution in [-0.2, 0) is 0 Å². The zero-order chi connectivity index (χ0) is 22.8. The van der Waals surface area contributed by atoms with E-state index in [-0.39, 0.29) is 17.9 Å². The minimum absolute atomic E-state index is 0.188. The number of halogens is 1. The molecule has 33 heavy (non-hydrogen) atoms. The van der Waals surface area contributed by atoms with Crippen LogP contribution in [0, 0.1) is 5.82 Å². The Bertz CT molecular complexity index is 1260. The van der Waals surface area contributed by atoms with Crippen molar-refractivity contribution in [3.8, 4) is 11.4 Å². The van der Waals surface area contributed by atoms with Crippen LogP contribution in [0.2, 0.25) is 0 Å². The van der Waals surface area contributed by atoms with E-state index in [0.717, 1.165) is 28.5 Å². The van der Waals surface area contributed by atoms with Gasteiger partial charge in [-0.05, 0) is 85.9 Å². The molecule has 0 aliphatic carbocycles. The quantitative estimate of drug-likeness (QED) is 0.382. The number of anilines is 1. The van der Waals surface area contributed by atoms with E-state index in [1.54, 1.807) is 12.3 Å². The molecule has 5 rings (SSSR count). The average Bonchev–Trinajstić information content (AvgIpc) is 3.45. The Morgan fingerprint density at radius 2 is 1.85 bits per heavy atom. The molecule has 0 unspecified atom stereocenters. The molecule has 2 atom stereocenters. The summed E-state index contributed by atoms with van der Waals surface area (Å²) in [7, 11) is 0. The van der Waals surface area contributed by atoms with Crippen molar-refractivity contribution in [1.82, 2.24) is 14.9 Å². The van der Waals surface area contributed by atoms with Crippen molar-refractivity contribution in [1.29, 1.82) is 0 Å². The smallest absolute Gasteiger partial charge is 0.174 e. The topological polar surface area (TPSA) is 42.3 Å². The van der Waals surface area contributed by atoms with Crippen LogP contribution in [0.4, 0.5) is 10.1 Å². The number of thiocarbonyl (C=S) groups is 1. The number of ether oxygens (including phenoxy) is 1. The zero-order valence-corrected chi connectivity index (χ0v) is 18.9. The molecule has 2 aromatic heterocycles. The van der Waals surface area contributed by atoms with E-state index in [0.29, 0.717) is 11.7 Å². The summed E-state index contributed by atoms with van der Waals surface area (Å²) < 4.78 is 21.6. The summed E-state index contributed by atoms with van der Waals surface area (Å²) in [5.74, 6) is 0.525. The number of benzene rings is 2. The Morgan fingerprint density at radius 3 is 2.58 bits per heavy atom. The first-order valence-electron chi connectivity index (χ1n) is 10.8. The third-order valence-electron chi connectivity index (χ3n) is 5.69. The Kier molecular flexibility index (Phi) is 5.79. The first-order valence-corrected chi connectivity index (χ1v) is 11.2. The predicted molar refractivity (Wildman–Crippen MR) is 131 cm³/mol. The standard InChI is InChI=1S/C26H23FN4OS/c1-2-32-21-13-11-19(12-14-21)31-25(24(29-26(31)33)22-9-3-4-15-28-22)23-10-6-16-30(23)20-8-5-7-18(27)17-20/h3-17,24-25H,2H2,1H3,(H,29,33)/t24-,25+/m1/s1. The van der Waals surface area contributed by atoms with E-state index in [2.05, 4.69) is 15.2 Å². The Labute approximate surface area is 197 Å². The van der Waals surface area contributed by atoms with Gasteiger partial charge < -0.3 is 19.5 Å². The van der Waals surface area contributed by atoms with Crippen molar-refractivity contribution < 1.29 is 9.13 Å². The van der Waals surface area contributed by atoms with Gasteiger partial charge >= 0.3 is 0 Å². The van der Waals surface area contributed by atoms with Crippen LogP contribution in [0.1, 0.15) is 30.4 Å². The SMILES string of the molecule is CCOc1ccc(N2C(=S)N[C@H](c3ccccn3)[C@@H]2c2cccn2-c2cccc(F)c2)cc1. The summed E-state index contributed by atoms with van der Waals surface area (Å²) in [4.78, 5) is 6.69. The second-order valence-electron chi connectivity index (χ2n) is 7.71. The third kappa shape index (κ3) is 4.07. The fourth-order valence-corrected chi connectivity index (χ4v) is 4.65. The highest BCUT2D eigenvalue weighted by Crippen LogP contribution is 2.42. The van der Waals surface area contributed by atoms with Gasteiger partial charge in [0.25, 0.3) is 0 Å². The molecule has 1 aliphatic heterocycles. The van der Waals surface area contributed by atoms with Crippen LogP contribution in [0.3, 0.4) is 0 Å². The Balaban J connectivity index is 1.63. The van der Waals surface area contributed by atoms with Crippen molar-refractivity contribution in [2.24, 2.45) is 0 Å².